The zero-order valence-electron chi connectivity index (χ0n) is 15.2. The number of carbonyl (C=O) groups excluding carboxylic acids is 1. The summed E-state index contributed by atoms with van der Waals surface area (Å²) in [6, 6.07) is 7.30. The minimum absolute atomic E-state index is 0.156. The van der Waals surface area contributed by atoms with E-state index in [9.17, 15) is 9.18 Å². The molecule has 3 rings (SSSR count). The van der Waals surface area contributed by atoms with Crippen LogP contribution < -0.4 is 15.1 Å². The van der Waals surface area contributed by atoms with E-state index in [4.69, 9.17) is 0 Å². The van der Waals surface area contributed by atoms with Crippen LogP contribution in [0.5, 0.6) is 0 Å². The van der Waals surface area contributed by atoms with Crippen LogP contribution in [0.25, 0.3) is 0 Å². The summed E-state index contributed by atoms with van der Waals surface area (Å²) in [4.78, 5) is 15.2. The van der Waals surface area contributed by atoms with E-state index in [0.29, 0.717) is 12.6 Å². The van der Waals surface area contributed by atoms with E-state index in [1.807, 2.05) is 6.07 Å². The van der Waals surface area contributed by atoms with Crippen molar-refractivity contribution in [2.75, 3.05) is 32.7 Å². The molecule has 1 amide bonds. The van der Waals surface area contributed by atoms with E-state index in [0.717, 1.165) is 51.1 Å². The molecule has 2 aliphatic rings. The van der Waals surface area contributed by atoms with E-state index in [1.54, 1.807) is 12.1 Å². The molecule has 1 saturated heterocycles. The number of benzene rings is 1. The molecule has 0 unspecified atom stereocenters. The molecule has 1 aliphatic heterocycles. The second-order valence-corrected chi connectivity index (χ2v) is 7.74. The van der Waals surface area contributed by atoms with Crippen molar-refractivity contribution in [3.05, 3.63) is 35.6 Å². The summed E-state index contributed by atoms with van der Waals surface area (Å²) in [6.07, 6.45) is 7.42. The van der Waals surface area contributed by atoms with E-state index in [1.165, 1.54) is 41.5 Å². The topological polar surface area (TPSA) is 38.0 Å². The maximum Gasteiger partial charge on any atom is 0.275 e. The number of halogens is 1. The van der Waals surface area contributed by atoms with Crippen LogP contribution in [0.15, 0.2) is 24.3 Å². The predicted octanol–water partition coefficient (Wildman–Crippen LogP) is -0.0519. The molecule has 0 aromatic heterocycles. The molecular formula is C20H32FN3O+2. The number of piperazine rings is 1. The highest BCUT2D eigenvalue weighted by molar-refractivity contribution is 5.77. The molecule has 25 heavy (non-hydrogen) atoms. The second-order valence-electron chi connectivity index (χ2n) is 7.74. The Morgan fingerprint density at radius 3 is 2.40 bits per heavy atom. The van der Waals surface area contributed by atoms with Crippen molar-refractivity contribution < 1.29 is 19.0 Å². The number of carbonyl (C=O) groups is 1. The van der Waals surface area contributed by atoms with Crippen molar-refractivity contribution in [2.24, 2.45) is 0 Å². The zero-order valence-corrected chi connectivity index (χ0v) is 15.2. The zero-order chi connectivity index (χ0) is 17.5. The van der Waals surface area contributed by atoms with Crippen LogP contribution in [0, 0.1) is 5.82 Å². The minimum Gasteiger partial charge on any atom is -0.348 e. The molecule has 1 aromatic rings. The van der Waals surface area contributed by atoms with Crippen LogP contribution in [0.4, 0.5) is 4.39 Å². The highest BCUT2D eigenvalue weighted by Crippen LogP contribution is 2.16. The molecule has 0 bridgehead atoms. The van der Waals surface area contributed by atoms with Crippen molar-refractivity contribution in [2.45, 2.75) is 51.1 Å². The highest BCUT2D eigenvalue weighted by Gasteiger charge is 2.25. The number of amides is 1. The van der Waals surface area contributed by atoms with E-state index in [2.05, 4.69) is 5.32 Å². The molecule has 1 saturated carbocycles. The van der Waals surface area contributed by atoms with Gasteiger partial charge in [0.1, 0.15) is 38.5 Å². The van der Waals surface area contributed by atoms with Gasteiger partial charge in [0.25, 0.3) is 5.91 Å². The Kier molecular flexibility index (Phi) is 6.82. The predicted molar refractivity (Wildman–Crippen MR) is 96.0 cm³/mol. The maximum absolute atomic E-state index is 13.3. The van der Waals surface area contributed by atoms with E-state index in [-0.39, 0.29) is 11.7 Å². The van der Waals surface area contributed by atoms with Crippen molar-refractivity contribution in [1.82, 2.24) is 5.32 Å². The van der Waals surface area contributed by atoms with Crippen molar-refractivity contribution in [3.63, 3.8) is 0 Å². The lowest BCUT2D eigenvalue weighted by atomic mass is 10.1. The van der Waals surface area contributed by atoms with Crippen LogP contribution in [-0.2, 0) is 11.3 Å². The third-order valence-corrected chi connectivity index (χ3v) is 5.64. The van der Waals surface area contributed by atoms with E-state index < -0.39 is 0 Å². The van der Waals surface area contributed by atoms with Gasteiger partial charge in [0.05, 0.1) is 0 Å². The SMILES string of the molecule is O=C(C[NH+]1CC[NH+](Cc2cccc(F)c2)CC1)NC1CCCCCC1. The molecule has 3 N–H and O–H groups in total. The number of hydrogen-bond donors (Lipinski definition) is 3. The maximum atomic E-state index is 13.3. The monoisotopic (exact) mass is 349 g/mol. The van der Waals surface area contributed by atoms with E-state index >= 15 is 0 Å². The summed E-state index contributed by atoms with van der Waals surface area (Å²) >= 11 is 0. The molecule has 2 fully saturated rings. The van der Waals surface area contributed by atoms with Gasteiger partial charge in [-0.05, 0) is 25.0 Å². The third kappa shape index (κ3) is 6.08. The van der Waals surface area contributed by atoms with Gasteiger partial charge in [-0.3, -0.25) is 4.79 Å². The fourth-order valence-corrected chi connectivity index (χ4v) is 4.18. The molecule has 0 spiro atoms. The lowest BCUT2D eigenvalue weighted by molar-refractivity contribution is -1.02. The molecule has 1 aliphatic carbocycles. The summed E-state index contributed by atoms with van der Waals surface area (Å²) in [6.45, 7) is 5.60. The number of rotatable bonds is 5. The summed E-state index contributed by atoms with van der Waals surface area (Å²) in [5.74, 6) is 0.0619. The Hall–Kier alpha value is -1.46. The third-order valence-electron chi connectivity index (χ3n) is 5.64. The van der Waals surface area contributed by atoms with Gasteiger partial charge in [-0.25, -0.2) is 4.39 Å². The van der Waals surface area contributed by atoms with Gasteiger partial charge in [-0.15, -0.1) is 0 Å². The largest absolute Gasteiger partial charge is 0.348 e. The molecule has 1 aromatic carbocycles. The normalized spacial score (nSPS) is 25.3. The molecule has 138 valence electrons. The van der Waals surface area contributed by atoms with Crippen molar-refractivity contribution >= 4 is 5.91 Å². The summed E-state index contributed by atoms with van der Waals surface area (Å²) in [5.41, 5.74) is 1.06. The first-order valence-electron chi connectivity index (χ1n) is 9.90. The fraction of sp³-hybridized carbons (Fsp3) is 0.650. The summed E-state index contributed by atoms with van der Waals surface area (Å²) in [7, 11) is 0. The molecule has 0 atom stereocenters. The first-order valence-corrected chi connectivity index (χ1v) is 9.90. The van der Waals surface area contributed by atoms with Crippen LogP contribution in [0.3, 0.4) is 0 Å². The highest BCUT2D eigenvalue weighted by atomic mass is 19.1. The minimum atomic E-state index is -0.156. The molecule has 5 heteroatoms. The van der Waals surface area contributed by atoms with Gasteiger partial charge in [0.2, 0.25) is 0 Å². The van der Waals surface area contributed by atoms with Crippen LogP contribution >= 0.6 is 0 Å². The Morgan fingerprint density at radius 2 is 1.72 bits per heavy atom. The number of nitrogens with one attached hydrogen (secondary N) is 3. The number of hydrogen-bond acceptors (Lipinski definition) is 1. The van der Waals surface area contributed by atoms with Crippen LogP contribution in [-0.4, -0.2) is 44.7 Å². The Balaban J connectivity index is 1.37. The first kappa shape index (κ1) is 18.3. The van der Waals surface area contributed by atoms with Gasteiger partial charge in [-0.1, -0.05) is 37.8 Å². The van der Waals surface area contributed by atoms with Gasteiger partial charge in [0.15, 0.2) is 6.54 Å². The summed E-state index contributed by atoms with van der Waals surface area (Å²) < 4.78 is 13.3. The quantitative estimate of drug-likeness (QED) is 0.641. The average molecular weight is 349 g/mol. The lowest BCUT2D eigenvalue weighted by Gasteiger charge is -2.29. The standard InChI is InChI=1S/C20H30FN3O/c21-18-7-5-6-17(14-18)15-23-10-12-24(13-11-23)16-20(25)22-19-8-3-1-2-4-9-19/h5-7,14,19H,1-4,8-13,15-16H2,(H,22,25)/p+2. The molecular weight excluding hydrogens is 317 g/mol. The van der Waals surface area contributed by atoms with Gasteiger partial charge < -0.3 is 15.1 Å². The lowest BCUT2D eigenvalue weighted by Crippen LogP contribution is -3.28. The van der Waals surface area contributed by atoms with Gasteiger partial charge >= 0.3 is 0 Å². The first-order chi connectivity index (χ1) is 12.2. The van der Waals surface area contributed by atoms with Crippen LogP contribution in [0.2, 0.25) is 0 Å². The van der Waals surface area contributed by atoms with Crippen molar-refractivity contribution in [3.8, 4) is 0 Å². The molecule has 1 heterocycles. The number of quaternary nitrogens is 2. The van der Waals surface area contributed by atoms with Gasteiger partial charge in [0, 0.05) is 11.6 Å². The second kappa shape index (κ2) is 9.30. The Bertz CT molecular complexity index is 550. The smallest absolute Gasteiger partial charge is 0.275 e. The molecule has 4 nitrogen and oxygen atoms in total. The average Bonchev–Trinajstić information content (AvgIpc) is 2.85. The Morgan fingerprint density at radius 1 is 1.04 bits per heavy atom. The fourth-order valence-electron chi connectivity index (χ4n) is 4.18. The Labute approximate surface area is 150 Å². The van der Waals surface area contributed by atoms with Crippen LogP contribution in [0.1, 0.15) is 44.1 Å². The molecule has 0 radical (unpaired) electrons. The van der Waals surface area contributed by atoms with Gasteiger partial charge in [-0.2, -0.15) is 0 Å². The summed E-state index contributed by atoms with van der Waals surface area (Å²) in [5, 5.41) is 3.26. The van der Waals surface area contributed by atoms with Crippen molar-refractivity contribution in [1.29, 1.82) is 0 Å².